The second-order valence-electron chi connectivity index (χ2n) is 7.48. The lowest BCUT2D eigenvalue weighted by Gasteiger charge is -2.37. The van der Waals surface area contributed by atoms with Crippen LogP contribution in [0.15, 0.2) is 42.5 Å². The number of anilines is 2. The van der Waals surface area contributed by atoms with E-state index in [0.717, 1.165) is 32.7 Å². The molecule has 1 saturated heterocycles. The van der Waals surface area contributed by atoms with Crippen LogP contribution in [-0.4, -0.2) is 49.3 Å². The molecule has 0 spiro atoms. The fourth-order valence-electron chi connectivity index (χ4n) is 3.59. The van der Waals surface area contributed by atoms with Gasteiger partial charge in [-0.3, -0.25) is 14.5 Å². The first kappa shape index (κ1) is 20.1. The quantitative estimate of drug-likeness (QED) is 0.779. The minimum atomic E-state index is -0.0161. The Hall–Kier alpha value is -2.66. The number of hydrogen-bond acceptors (Lipinski definition) is 4. The van der Waals surface area contributed by atoms with E-state index < -0.39 is 0 Å². The van der Waals surface area contributed by atoms with Gasteiger partial charge in [0.05, 0.1) is 0 Å². The molecule has 1 heterocycles. The molecule has 0 aromatic heterocycles. The zero-order chi connectivity index (χ0) is 20.1. The Kier molecular flexibility index (Phi) is 6.47. The monoisotopic (exact) mass is 379 g/mol. The summed E-state index contributed by atoms with van der Waals surface area (Å²) in [6.07, 6.45) is 0.452. The number of rotatable bonds is 6. The number of hydrogen-bond donors (Lipinski definition) is 1. The average molecular weight is 380 g/mol. The number of ketones is 1. The van der Waals surface area contributed by atoms with E-state index in [1.807, 2.05) is 6.07 Å². The molecule has 1 N–H and O–H groups in total. The lowest BCUT2D eigenvalue weighted by atomic mass is 10.1. The smallest absolute Gasteiger partial charge is 0.225 e. The Bertz CT molecular complexity index is 855. The van der Waals surface area contributed by atoms with Gasteiger partial charge in [-0.1, -0.05) is 24.3 Å². The molecule has 0 aliphatic carbocycles. The number of Topliss-reactive ketones (excluding diaryl/α,β-unsaturated/α-hetero) is 1. The van der Waals surface area contributed by atoms with E-state index in [1.54, 1.807) is 18.2 Å². The van der Waals surface area contributed by atoms with E-state index in [4.69, 9.17) is 0 Å². The number of nitrogens with one attached hydrogen (secondary N) is 1. The second-order valence-corrected chi connectivity index (χ2v) is 7.48. The highest BCUT2D eigenvalue weighted by atomic mass is 16.1. The van der Waals surface area contributed by atoms with Gasteiger partial charge >= 0.3 is 0 Å². The summed E-state index contributed by atoms with van der Waals surface area (Å²) in [5.41, 5.74) is 5.29. The molecule has 1 amide bonds. The van der Waals surface area contributed by atoms with Crippen LogP contribution in [0.5, 0.6) is 0 Å². The summed E-state index contributed by atoms with van der Waals surface area (Å²) in [5, 5.41) is 2.90. The molecular formula is C23H29N3O2. The second kappa shape index (κ2) is 9.02. The molecule has 0 atom stereocenters. The van der Waals surface area contributed by atoms with Gasteiger partial charge in [-0.2, -0.15) is 0 Å². The van der Waals surface area contributed by atoms with Crippen LogP contribution in [0, 0.1) is 13.8 Å². The first-order valence-electron chi connectivity index (χ1n) is 9.88. The number of carbonyl (C=O) groups is 2. The normalized spacial score (nSPS) is 14.8. The highest BCUT2D eigenvalue weighted by molar-refractivity contribution is 5.97. The molecule has 0 unspecified atom stereocenters. The van der Waals surface area contributed by atoms with Crippen molar-refractivity contribution < 1.29 is 9.59 Å². The lowest BCUT2D eigenvalue weighted by molar-refractivity contribution is -0.116. The summed E-state index contributed by atoms with van der Waals surface area (Å²) >= 11 is 0. The number of nitrogens with zero attached hydrogens (tertiary/aromatic N) is 2. The number of carbonyl (C=O) groups excluding carboxylic acids is 2. The van der Waals surface area contributed by atoms with E-state index in [1.165, 1.54) is 23.7 Å². The third-order valence-electron chi connectivity index (χ3n) is 5.50. The van der Waals surface area contributed by atoms with Crippen molar-refractivity contribution in [2.75, 3.05) is 42.9 Å². The molecule has 3 rings (SSSR count). The van der Waals surface area contributed by atoms with Gasteiger partial charge in [-0.15, -0.1) is 0 Å². The van der Waals surface area contributed by atoms with Crippen LogP contribution in [0.2, 0.25) is 0 Å². The van der Waals surface area contributed by atoms with Gasteiger partial charge in [-0.25, -0.2) is 0 Å². The molecule has 0 bridgehead atoms. The maximum atomic E-state index is 12.3. The van der Waals surface area contributed by atoms with Gasteiger partial charge in [-0.05, 0) is 50.1 Å². The molecule has 1 aliphatic rings. The van der Waals surface area contributed by atoms with E-state index in [0.29, 0.717) is 17.7 Å². The maximum Gasteiger partial charge on any atom is 0.225 e. The fraction of sp³-hybridized carbons (Fsp3) is 0.391. The first-order valence-corrected chi connectivity index (χ1v) is 9.88. The first-order chi connectivity index (χ1) is 13.4. The van der Waals surface area contributed by atoms with Gasteiger partial charge in [0.1, 0.15) is 0 Å². The minimum absolute atomic E-state index is 0.00202. The standard InChI is InChI=1S/C23H29N3O2/c1-17-6-4-9-22(18(17)2)26-14-12-25(13-15-26)11-10-23(28)24-21-8-5-7-20(16-21)19(3)27/h4-9,16H,10-15H2,1-3H3,(H,24,28). The predicted molar refractivity (Wildman–Crippen MR) is 114 cm³/mol. The minimum Gasteiger partial charge on any atom is -0.369 e. The van der Waals surface area contributed by atoms with Crippen molar-refractivity contribution in [1.29, 1.82) is 0 Å². The molecule has 148 valence electrons. The van der Waals surface area contributed by atoms with Crippen LogP contribution in [0.25, 0.3) is 0 Å². The maximum absolute atomic E-state index is 12.3. The summed E-state index contributed by atoms with van der Waals surface area (Å²) in [5.74, 6) is -0.0181. The Morgan fingerprint density at radius 2 is 1.71 bits per heavy atom. The van der Waals surface area contributed by atoms with Gasteiger partial charge in [0.25, 0.3) is 0 Å². The van der Waals surface area contributed by atoms with E-state index in [9.17, 15) is 9.59 Å². The van der Waals surface area contributed by atoms with Crippen molar-refractivity contribution in [3.05, 3.63) is 59.2 Å². The molecule has 5 heteroatoms. The average Bonchev–Trinajstić information content (AvgIpc) is 2.69. The highest BCUT2D eigenvalue weighted by Gasteiger charge is 2.19. The molecule has 2 aromatic carbocycles. The predicted octanol–water partition coefficient (Wildman–Crippen LogP) is 3.66. The zero-order valence-corrected chi connectivity index (χ0v) is 17.0. The van der Waals surface area contributed by atoms with Crippen molar-refractivity contribution in [1.82, 2.24) is 4.90 Å². The number of benzene rings is 2. The molecule has 1 fully saturated rings. The van der Waals surface area contributed by atoms with Crippen LogP contribution >= 0.6 is 0 Å². The summed E-state index contributed by atoms with van der Waals surface area (Å²) in [6.45, 7) is 10.5. The topological polar surface area (TPSA) is 52.7 Å². The third-order valence-corrected chi connectivity index (χ3v) is 5.50. The van der Waals surface area contributed by atoms with Crippen molar-refractivity contribution in [2.45, 2.75) is 27.2 Å². The molecule has 1 aliphatic heterocycles. The number of aryl methyl sites for hydroxylation is 1. The molecule has 0 saturated carbocycles. The van der Waals surface area contributed by atoms with Crippen LogP contribution in [0.3, 0.4) is 0 Å². The number of amides is 1. The third kappa shape index (κ3) is 4.98. The fourth-order valence-corrected chi connectivity index (χ4v) is 3.59. The van der Waals surface area contributed by atoms with Crippen molar-refractivity contribution in [2.24, 2.45) is 0 Å². The van der Waals surface area contributed by atoms with Crippen LogP contribution < -0.4 is 10.2 Å². The van der Waals surface area contributed by atoms with E-state index in [2.05, 4.69) is 47.2 Å². The summed E-state index contributed by atoms with van der Waals surface area (Å²) in [6, 6.07) is 13.6. The summed E-state index contributed by atoms with van der Waals surface area (Å²) < 4.78 is 0. The van der Waals surface area contributed by atoms with Crippen molar-refractivity contribution in [3.63, 3.8) is 0 Å². The van der Waals surface area contributed by atoms with Crippen molar-refractivity contribution >= 4 is 23.1 Å². The van der Waals surface area contributed by atoms with Crippen LogP contribution in [0.4, 0.5) is 11.4 Å². The molecule has 0 radical (unpaired) electrons. The molecule has 2 aromatic rings. The molecular weight excluding hydrogens is 350 g/mol. The van der Waals surface area contributed by atoms with Gasteiger partial charge in [0.2, 0.25) is 5.91 Å². The van der Waals surface area contributed by atoms with Gasteiger partial charge in [0, 0.05) is 56.1 Å². The number of piperazine rings is 1. The molecule has 5 nitrogen and oxygen atoms in total. The Morgan fingerprint density at radius 3 is 2.43 bits per heavy atom. The Balaban J connectivity index is 1.46. The largest absolute Gasteiger partial charge is 0.369 e. The SMILES string of the molecule is CC(=O)c1cccc(NC(=O)CCN2CCN(c3cccc(C)c3C)CC2)c1. The lowest BCUT2D eigenvalue weighted by Crippen LogP contribution is -2.47. The van der Waals surface area contributed by atoms with Gasteiger partial charge < -0.3 is 10.2 Å². The van der Waals surface area contributed by atoms with E-state index in [-0.39, 0.29) is 11.7 Å². The summed E-state index contributed by atoms with van der Waals surface area (Å²) in [7, 11) is 0. The van der Waals surface area contributed by atoms with Crippen LogP contribution in [0.1, 0.15) is 34.8 Å². The highest BCUT2D eigenvalue weighted by Crippen LogP contribution is 2.23. The van der Waals surface area contributed by atoms with Gasteiger partial charge in [0.15, 0.2) is 5.78 Å². The molecule has 28 heavy (non-hydrogen) atoms. The summed E-state index contributed by atoms with van der Waals surface area (Å²) in [4.78, 5) is 28.5. The van der Waals surface area contributed by atoms with Crippen molar-refractivity contribution in [3.8, 4) is 0 Å². The Morgan fingerprint density at radius 1 is 1.00 bits per heavy atom. The van der Waals surface area contributed by atoms with Crippen LogP contribution in [-0.2, 0) is 4.79 Å². The van der Waals surface area contributed by atoms with E-state index >= 15 is 0 Å². The Labute approximate surface area is 167 Å². The zero-order valence-electron chi connectivity index (χ0n) is 17.0.